The lowest BCUT2D eigenvalue weighted by Gasteiger charge is -2.26. The van der Waals surface area contributed by atoms with Crippen LogP contribution in [0.2, 0.25) is 0 Å². The van der Waals surface area contributed by atoms with Gasteiger partial charge in [-0.1, -0.05) is 24.3 Å². The summed E-state index contributed by atoms with van der Waals surface area (Å²) in [5.74, 6) is 0.795. The predicted molar refractivity (Wildman–Crippen MR) is 83.3 cm³/mol. The van der Waals surface area contributed by atoms with Gasteiger partial charge in [0, 0.05) is 29.5 Å². The van der Waals surface area contributed by atoms with Crippen LogP contribution in [0.4, 0.5) is 11.4 Å². The number of benzene rings is 2. The van der Waals surface area contributed by atoms with Crippen LogP contribution in [0.5, 0.6) is 5.75 Å². The van der Waals surface area contributed by atoms with Crippen molar-refractivity contribution in [2.45, 2.75) is 25.3 Å². The van der Waals surface area contributed by atoms with E-state index in [0.29, 0.717) is 6.04 Å². The van der Waals surface area contributed by atoms with Gasteiger partial charge in [-0.05, 0) is 36.5 Å². The summed E-state index contributed by atoms with van der Waals surface area (Å²) in [6.45, 7) is 0. The lowest BCUT2D eigenvalue weighted by Crippen LogP contribution is -2.27. The SMILES string of the molecule is COc1cc(N)cc(NC2CCc3ccccc3C2)c1. The second-order valence-corrected chi connectivity index (χ2v) is 5.35. The first-order valence-corrected chi connectivity index (χ1v) is 7.02. The molecule has 0 radical (unpaired) electrons. The molecule has 0 bridgehead atoms. The molecule has 0 saturated heterocycles. The van der Waals surface area contributed by atoms with E-state index in [9.17, 15) is 0 Å². The van der Waals surface area contributed by atoms with Gasteiger partial charge in [0.2, 0.25) is 0 Å². The highest BCUT2D eigenvalue weighted by Gasteiger charge is 2.18. The summed E-state index contributed by atoms with van der Waals surface area (Å²) < 4.78 is 5.26. The number of aryl methyl sites for hydroxylation is 1. The molecule has 0 heterocycles. The Labute approximate surface area is 119 Å². The zero-order chi connectivity index (χ0) is 13.9. The molecule has 1 atom stereocenters. The number of nitrogens with two attached hydrogens (primary N) is 1. The first-order valence-electron chi connectivity index (χ1n) is 7.02. The molecule has 1 aliphatic rings. The van der Waals surface area contributed by atoms with Crippen LogP contribution in [0.25, 0.3) is 0 Å². The smallest absolute Gasteiger partial charge is 0.122 e. The quantitative estimate of drug-likeness (QED) is 0.840. The molecule has 3 nitrogen and oxygen atoms in total. The predicted octanol–water partition coefficient (Wildman–Crippen LogP) is 3.25. The lowest BCUT2D eigenvalue weighted by atomic mass is 9.88. The fraction of sp³-hybridized carbons (Fsp3) is 0.294. The van der Waals surface area contributed by atoms with Crippen LogP contribution >= 0.6 is 0 Å². The Balaban J connectivity index is 1.75. The van der Waals surface area contributed by atoms with Crippen molar-refractivity contribution in [2.24, 2.45) is 0 Å². The average molecular weight is 268 g/mol. The number of fused-ring (bicyclic) bond motifs is 1. The third-order valence-corrected chi connectivity index (χ3v) is 3.88. The van der Waals surface area contributed by atoms with Crippen LogP contribution in [-0.4, -0.2) is 13.2 Å². The molecule has 3 N–H and O–H groups in total. The van der Waals surface area contributed by atoms with Crippen LogP contribution in [0.1, 0.15) is 17.5 Å². The summed E-state index contributed by atoms with van der Waals surface area (Å²) in [6, 6.07) is 14.9. The zero-order valence-electron chi connectivity index (χ0n) is 11.7. The van der Waals surface area contributed by atoms with Gasteiger partial charge in [0.15, 0.2) is 0 Å². The van der Waals surface area contributed by atoms with Crippen molar-refractivity contribution < 1.29 is 4.74 Å². The van der Waals surface area contributed by atoms with Gasteiger partial charge >= 0.3 is 0 Å². The Kier molecular flexibility index (Phi) is 3.50. The highest BCUT2D eigenvalue weighted by molar-refractivity contribution is 5.59. The Hall–Kier alpha value is -2.16. The topological polar surface area (TPSA) is 47.3 Å². The molecule has 0 amide bonds. The van der Waals surface area contributed by atoms with Gasteiger partial charge in [0.05, 0.1) is 7.11 Å². The molecule has 1 aliphatic carbocycles. The summed E-state index contributed by atoms with van der Waals surface area (Å²) in [6.07, 6.45) is 3.34. The van der Waals surface area contributed by atoms with E-state index in [1.54, 1.807) is 7.11 Å². The van der Waals surface area contributed by atoms with Gasteiger partial charge in [0.1, 0.15) is 5.75 Å². The van der Waals surface area contributed by atoms with E-state index < -0.39 is 0 Å². The van der Waals surface area contributed by atoms with E-state index in [0.717, 1.165) is 36.4 Å². The molecule has 0 spiro atoms. The standard InChI is InChI=1S/C17H20N2O/c1-20-17-10-14(18)9-16(11-17)19-15-7-6-12-4-2-3-5-13(12)8-15/h2-5,9-11,15,19H,6-8,18H2,1H3. The number of hydrogen-bond donors (Lipinski definition) is 2. The van der Waals surface area contributed by atoms with Gasteiger partial charge in [-0.25, -0.2) is 0 Å². The maximum absolute atomic E-state index is 5.90. The van der Waals surface area contributed by atoms with Crippen LogP contribution in [0.3, 0.4) is 0 Å². The summed E-state index contributed by atoms with van der Waals surface area (Å²) in [4.78, 5) is 0. The monoisotopic (exact) mass is 268 g/mol. The zero-order valence-corrected chi connectivity index (χ0v) is 11.7. The summed E-state index contributed by atoms with van der Waals surface area (Å²) in [7, 11) is 1.66. The molecule has 0 aromatic heterocycles. The number of nitrogens with one attached hydrogen (secondary N) is 1. The molecule has 1 unspecified atom stereocenters. The second kappa shape index (κ2) is 5.45. The van der Waals surface area contributed by atoms with Gasteiger partial charge in [0.25, 0.3) is 0 Å². The third-order valence-electron chi connectivity index (χ3n) is 3.88. The lowest BCUT2D eigenvalue weighted by molar-refractivity contribution is 0.415. The fourth-order valence-electron chi connectivity index (χ4n) is 2.88. The molecular formula is C17H20N2O. The minimum atomic E-state index is 0.455. The number of rotatable bonds is 3. The highest BCUT2D eigenvalue weighted by atomic mass is 16.5. The summed E-state index contributed by atoms with van der Waals surface area (Å²) in [5, 5.41) is 3.58. The van der Waals surface area contributed by atoms with Crippen LogP contribution < -0.4 is 15.8 Å². The number of nitrogen functional groups attached to an aromatic ring is 1. The average Bonchev–Trinajstić information content (AvgIpc) is 2.46. The molecule has 0 saturated carbocycles. The van der Waals surface area contributed by atoms with E-state index >= 15 is 0 Å². The van der Waals surface area contributed by atoms with Gasteiger partial charge in [-0.15, -0.1) is 0 Å². The maximum Gasteiger partial charge on any atom is 0.122 e. The number of ether oxygens (including phenoxy) is 1. The number of hydrogen-bond acceptors (Lipinski definition) is 3. The van der Waals surface area contributed by atoms with E-state index in [2.05, 4.69) is 29.6 Å². The van der Waals surface area contributed by atoms with Crippen molar-refractivity contribution >= 4 is 11.4 Å². The Morgan fingerprint density at radius 3 is 2.75 bits per heavy atom. The van der Waals surface area contributed by atoms with Gasteiger partial charge in [-0.2, -0.15) is 0 Å². The molecular weight excluding hydrogens is 248 g/mol. The Morgan fingerprint density at radius 1 is 1.15 bits per heavy atom. The van der Waals surface area contributed by atoms with Crippen molar-refractivity contribution in [1.82, 2.24) is 0 Å². The summed E-state index contributed by atoms with van der Waals surface area (Å²) in [5.41, 5.74) is 10.6. The minimum absolute atomic E-state index is 0.455. The molecule has 3 rings (SSSR count). The van der Waals surface area contributed by atoms with Crippen molar-refractivity contribution in [1.29, 1.82) is 0 Å². The van der Waals surface area contributed by atoms with Crippen molar-refractivity contribution in [2.75, 3.05) is 18.2 Å². The van der Waals surface area contributed by atoms with Gasteiger partial charge in [-0.3, -0.25) is 0 Å². The van der Waals surface area contributed by atoms with Crippen LogP contribution in [-0.2, 0) is 12.8 Å². The Morgan fingerprint density at radius 2 is 1.95 bits per heavy atom. The number of methoxy groups -OCH3 is 1. The van der Waals surface area contributed by atoms with Gasteiger partial charge < -0.3 is 15.8 Å². The van der Waals surface area contributed by atoms with Crippen molar-refractivity contribution in [3.8, 4) is 5.75 Å². The Bertz CT molecular complexity index is 610. The van der Waals surface area contributed by atoms with Crippen molar-refractivity contribution in [3.05, 3.63) is 53.6 Å². The molecule has 2 aromatic rings. The molecule has 0 fully saturated rings. The molecule has 3 heteroatoms. The van der Waals surface area contributed by atoms with E-state index in [1.807, 2.05) is 18.2 Å². The highest BCUT2D eigenvalue weighted by Crippen LogP contribution is 2.27. The normalized spacial score (nSPS) is 17.4. The third kappa shape index (κ3) is 2.72. The van der Waals surface area contributed by atoms with E-state index in [-0.39, 0.29) is 0 Å². The first kappa shape index (κ1) is 12.9. The van der Waals surface area contributed by atoms with Crippen LogP contribution in [0.15, 0.2) is 42.5 Å². The maximum atomic E-state index is 5.90. The fourth-order valence-corrected chi connectivity index (χ4v) is 2.88. The van der Waals surface area contributed by atoms with Crippen LogP contribution in [0, 0.1) is 0 Å². The molecule has 20 heavy (non-hydrogen) atoms. The van der Waals surface area contributed by atoms with Crippen molar-refractivity contribution in [3.63, 3.8) is 0 Å². The molecule has 0 aliphatic heterocycles. The minimum Gasteiger partial charge on any atom is -0.497 e. The van der Waals surface area contributed by atoms with E-state index in [1.165, 1.54) is 11.1 Å². The molecule has 2 aromatic carbocycles. The number of anilines is 2. The molecule has 104 valence electrons. The summed E-state index contributed by atoms with van der Waals surface area (Å²) >= 11 is 0. The first-order chi connectivity index (χ1) is 9.74. The second-order valence-electron chi connectivity index (χ2n) is 5.35. The van der Waals surface area contributed by atoms with E-state index in [4.69, 9.17) is 10.5 Å². The largest absolute Gasteiger partial charge is 0.497 e.